The van der Waals surface area contributed by atoms with E-state index in [2.05, 4.69) is 33.8 Å². The number of esters is 1. The van der Waals surface area contributed by atoms with Crippen molar-refractivity contribution in [3.63, 3.8) is 0 Å². The summed E-state index contributed by atoms with van der Waals surface area (Å²) >= 11 is 0. The van der Waals surface area contributed by atoms with Gasteiger partial charge in [-0.3, -0.25) is 14.4 Å². The molecule has 0 aliphatic heterocycles. The molecule has 0 heterocycles. The van der Waals surface area contributed by atoms with E-state index in [-0.39, 0.29) is 57.6 Å². The van der Waals surface area contributed by atoms with Gasteiger partial charge in [0, 0.05) is 17.8 Å². The number of rotatable bonds is 1. The van der Waals surface area contributed by atoms with Gasteiger partial charge in [0.15, 0.2) is 5.78 Å². The molecule has 0 N–H and O–H groups in total. The largest absolute Gasteiger partial charge is 0.469 e. The molecule has 0 bridgehead atoms. The summed E-state index contributed by atoms with van der Waals surface area (Å²) in [6.07, 6.45) is 7.47. The lowest BCUT2D eigenvalue weighted by molar-refractivity contribution is -0.211. The molecule has 5 aliphatic carbocycles. The average molecular weight is 496 g/mol. The van der Waals surface area contributed by atoms with Gasteiger partial charge in [-0.25, -0.2) is 0 Å². The standard InChI is InChI=1S/C31H45NO4/c1-27(2)12-13-31(26(35)36-7)11-8-19-24(20(31)16-27)21(33)14-23-29(19,5)10-9-22-28(3,4)25(34)18(17-32)15-30(22,23)6/h18-20,22-24H,8-16H2,1-7H3. The second kappa shape index (κ2) is 7.90. The minimum absolute atomic E-state index is 0.0236. The summed E-state index contributed by atoms with van der Waals surface area (Å²) in [5.74, 6) is 0.265. The van der Waals surface area contributed by atoms with Crippen molar-refractivity contribution in [3.05, 3.63) is 0 Å². The van der Waals surface area contributed by atoms with Crippen molar-refractivity contribution in [1.82, 2.24) is 0 Å². The Balaban J connectivity index is 1.57. The third-order valence-corrected chi connectivity index (χ3v) is 12.7. The van der Waals surface area contributed by atoms with Crippen LogP contribution in [0.1, 0.15) is 99.3 Å². The van der Waals surface area contributed by atoms with Gasteiger partial charge < -0.3 is 4.74 Å². The van der Waals surface area contributed by atoms with E-state index < -0.39 is 16.7 Å². The van der Waals surface area contributed by atoms with Gasteiger partial charge in [0.05, 0.1) is 18.6 Å². The summed E-state index contributed by atoms with van der Waals surface area (Å²) < 4.78 is 5.40. The van der Waals surface area contributed by atoms with Gasteiger partial charge in [-0.1, -0.05) is 41.5 Å². The lowest BCUT2D eigenvalue weighted by Gasteiger charge is -2.68. The fourth-order valence-corrected chi connectivity index (χ4v) is 11.0. The Morgan fingerprint density at radius 3 is 2.22 bits per heavy atom. The zero-order valence-corrected chi connectivity index (χ0v) is 23.4. The molecular formula is C31H45NO4. The maximum Gasteiger partial charge on any atom is 0.312 e. The van der Waals surface area contributed by atoms with Crippen LogP contribution in [0.2, 0.25) is 0 Å². The van der Waals surface area contributed by atoms with Crippen molar-refractivity contribution in [2.45, 2.75) is 99.3 Å². The number of ketones is 2. The average Bonchev–Trinajstić information content (AvgIpc) is 2.81. The Bertz CT molecular complexity index is 1040. The maximum absolute atomic E-state index is 14.3. The number of carbonyl (C=O) groups excluding carboxylic acids is 3. The van der Waals surface area contributed by atoms with Crippen molar-refractivity contribution in [2.24, 2.45) is 62.6 Å². The molecule has 0 spiro atoms. The summed E-state index contributed by atoms with van der Waals surface area (Å²) in [5, 5.41) is 9.90. The lowest BCUT2D eigenvalue weighted by Crippen LogP contribution is -2.66. The van der Waals surface area contributed by atoms with Gasteiger partial charge in [-0.05, 0) is 91.3 Å². The number of carbonyl (C=O) groups is 3. The molecule has 0 aromatic rings. The van der Waals surface area contributed by atoms with Crippen molar-refractivity contribution >= 4 is 17.5 Å². The van der Waals surface area contributed by atoms with Gasteiger partial charge in [0.1, 0.15) is 11.7 Å². The highest BCUT2D eigenvalue weighted by molar-refractivity contribution is 5.90. The van der Waals surface area contributed by atoms with Gasteiger partial charge in [-0.15, -0.1) is 0 Å². The van der Waals surface area contributed by atoms with Crippen LogP contribution in [-0.4, -0.2) is 24.6 Å². The summed E-state index contributed by atoms with van der Waals surface area (Å²) in [6, 6.07) is 2.33. The van der Waals surface area contributed by atoms with E-state index in [1.54, 1.807) is 0 Å². The molecule has 5 rings (SSSR count). The highest BCUT2D eigenvalue weighted by atomic mass is 16.5. The molecule has 5 heteroatoms. The third kappa shape index (κ3) is 3.21. The minimum Gasteiger partial charge on any atom is -0.469 e. The quantitative estimate of drug-likeness (QED) is 0.407. The molecular weight excluding hydrogens is 450 g/mol. The van der Waals surface area contributed by atoms with Crippen molar-refractivity contribution in [2.75, 3.05) is 7.11 Å². The molecule has 9 atom stereocenters. The topological polar surface area (TPSA) is 84.2 Å². The number of Topliss-reactive ketones (excluding diaryl/α,β-unsaturated/α-hetero) is 2. The minimum atomic E-state index is -0.589. The molecule has 198 valence electrons. The number of methoxy groups -OCH3 is 1. The highest BCUT2D eigenvalue weighted by Gasteiger charge is 2.70. The summed E-state index contributed by atoms with van der Waals surface area (Å²) in [4.78, 5) is 40.8. The van der Waals surface area contributed by atoms with Crippen LogP contribution < -0.4 is 0 Å². The molecule has 5 saturated carbocycles. The van der Waals surface area contributed by atoms with Gasteiger partial charge >= 0.3 is 5.97 Å². The Kier molecular flexibility index (Phi) is 5.69. The number of nitrogens with zero attached hydrogens (tertiary/aromatic N) is 1. The summed E-state index contributed by atoms with van der Waals surface area (Å²) in [6.45, 7) is 13.3. The van der Waals surface area contributed by atoms with Crippen LogP contribution in [0.5, 0.6) is 0 Å². The monoisotopic (exact) mass is 495 g/mol. The molecule has 0 saturated heterocycles. The third-order valence-electron chi connectivity index (χ3n) is 12.7. The van der Waals surface area contributed by atoms with E-state index in [0.29, 0.717) is 18.6 Å². The zero-order chi connectivity index (χ0) is 26.5. The number of nitriles is 1. The molecule has 5 fully saturated rings. The van der Waals surface area contributed by atoms with Crippen molar-refractivity contribution < 1.29 is 19.1 Å². The van der Waals surface area contributed by atoms with Crippen LogP contribution in [0.4, 0.5) is 0 Å². The Morgan fingerprint density at radius 1 is 0.889 bits per heavy atom. The van der Waals surface area contributed by atoms with E-state index in [9.17, 15) is 19.6 Å². The van der Waals surface area contributed by atoms with E-state index in [4.69, 9.17) is 4.74 Å². The first kappa shape index (κ1) is 25.9. The fraction of sp³-hybridized carbons (Fsp3) is 0.871. The zero-order valence-electron chi connectivity index (χ0n) is 23.4. The van der Waals surface area contributed by atoms with Crippen LogP contribution >= 0.6 is 0 Å². The molecule has 0 aromatic heterocycles. The smallest absolute Gasteiger partial charge is 0.312 e. The molecule has 5 aliphatic rings. The highest BCUT2D eigenvalue weighted by Crippen LogP contribution is 2.72. The predicted molar refractivity (Wildman–Crippen MR) is 136 cm³/mol. The van der Waals surface area contributed by atoms with Crippen molar-refractivity contribution in [1.29, 1.82) is 5.26 Å². The maximum atomic E-state index is 14.3. The van der Waals surface area contributed by atoms with E-state index in [1.165, 1.54) is 7.11 Å². The fourth-order valence-electron chi connectivity index (χ4n) is 11.0. The first-order chi connectivity index (χ1) is 16.7. The molecule has 36 heavy (non-hydrogen) atoms. The Hall–Kier alpha value is -1.70. The van der Waals surface area contributed by atoms with Crippen LogP contribution in [0.3, 0.4) is 0 Å². The first-order valence-corrected chi connectivity index (χ1v) is 14.2. The molecule has 0 aromatic carbocycles. The Labute approximate surface area is 217 Å². The number of hydrogen-bond donors (Lipinski definition) is 0. The summed E-state index contributed by atoms with van der Waals surface area (Å²) in [7, 11) is 1.50. The SMILES string of the molecule is COC(=O)C12CCC3C(C(=O)CC4C3(C)CCC3C(C)(C)C(=O)C(C#N)CC34C)C1CC(C)(C)CC2. The van der Waals surface area contributed by atoms with Crippen LogP contribution in [0.15, 0.2) is 0 Å². The Morgan fingerprint density at radius 2 is 1.58 bits per heavy atom. The van der Waals surface area contributed by atoms with E-state index in [1.807, 2.05) is 13.8 Å². The number of ether oxygens (including phenoxy) is 1. The molecule has 0 radical (unpaired) electrons. The molecule has 0 amide bonds. The molecule has 9 unspecified atom stereocenters. The van der Waals surface area contributed by atoms with E-state index in [0.717, 1.165) is 44.9 Å². The van der Waals surface area contributed by atoms with Crippen molar-refractivity contribution in [3.8, 4) is 6.07 Å². The second-order valence-electron chi connectivity index (χ2n) is 15.1. The normalized spacial score (nSPS) is 48.9. The summed E-state index contributed by atoms with van der Waals surface area (Å²) in [5.41, 5.74) is -1.21. The number of fused-ring (bicyclic) bond motifs is 7. The van der Waals surface area contributed by atoms with Crippen LogP contribution in [0.25, 0.3) is 0 Å². The van der Waals surface area contributed by atoms with Gasteiger partial charge in [-0.2, -0.15) is 5.26 Å². The number of hydrogen-bond acceptors (Lipinski definition) is 5. The molecule has 5 nitrogen and oxygen atoms in total. The van der Waals surface area contributed by atoms with E-state index >= 15 is 0 Å². The van der Waals surface area contributed by atoms with Gasteiger partial charge in [0.25, 0.3) is 0 Å². The second-order valence-corrected chi connectivity index (χ2v) is 15.1. The lowest BCUT2D eigenvalue weighted by atomic mass is 9.34. The first-order valence-electron chi connectivity index (χ1n) is 14.2. The van der Waals surface area contributed by atoms with Crippen LogP contribution in [-0.2, 0) is 19.1 Å². The van der Waals surface area contributed by atoms with Gasteiger partial charge in [0.2, 0.25) is 0 Å². The predicted octanol–water partition coefficient (Wildman–Crippen LogP) is 6.15. The van der Waals surface area contributed by atoms with Crippen LogP contribution in [0, 0.1) is 73.9 Å².